The number of hydrogen-bond donors (Lipinski definition) is 1. The molecule has 1 aliphatic rings. The second kappa shape index (κ2) is 8.08. The van der Waals surface area contributed by atoms with Gasteiger partial charge in [-0.3, -0.25) is 4.79 Å². The van der Waals surface area contributed by atoms with Crippen LogP contribution in [0.3, 0.4) is 0 Å². The van der Waals surface area contributed by atoms with E-state index in [-0.39, 0.29) is 24.5 Å². The van der Waals surface area contributed by atoms with Crippen molar-refractivity contribution in [2.75, 3.05) is 13.1 Å². The molecule has 8 nitrogen and oxygen atoms in total. The topological polar surface area (TPSA) is 97.6 Å². The molecule has 0 bridgehead atoms. The highest BCUT2D eigenvalue weighted by Gasteiger charge is 2.30. The van der Waals surface area contributed by atoms with Gasteiger partial charge in [-0.2, -0.15) is 4.98 Å². The molecule has 1 aliphatic heterocycles. The summed E-state index contributed by atoms with van der Waals surface area (Å²) in [5.41, 5.74) is -0.517. The Morgan fingerprint density at radius 1 is 1.37 bits per heavy atom. The number of nitrogens with one attached hydrogen (secondary N) is 1. The number of piperidine rings is 1. The fraction of sp³-hybridized carbons (Fsp3) is 0.556. The van der Waals surface area contributed by atoms with E-state index in [1.807, 2.05) is 38.3 Å². The molecule has 0 saturated carbocycles. The lowest BCUT2D eigenvalue weighted by Crippen LogP contribution is -2.44. The molecule has 2 aromatic heterocycles. The lowest BCUT2D eigenvalue weighted by Gasteiger charge is -2.32. The summed E-state index contributed by atoms with van der Waals surface area (Å²) in [5, 5.41) is 8.71. The lowest BCUT2D eigenvalue weighted by molar-refractivity contribution is -0.126. The van der Waals surface area contributed by atoms with Crippen LogP contribution in [0, 0.1) is 5.92 Å². The number of likely N-dealkylation sites (tertiary alicyclic amines) is 1. The zero-order valence-electron chi connectivity index (χ0n) is 15.7. The third-order valence-electron chi connectivity index (χ3n) is 4.14. The van der Waals surface area contributed by atoms with E-state index in [4.69, 9.17) is 9.26 Å². The maximum absolute atomic E-state index is 12.4. The largest absolute Gasteiger partial charge is 0.444 e. The van der Waals surface area contributed by atoms with E-state index in [2.05, 4.69) is 15.5 Å². The van der Waals surface area contributed by atoms with Crippen LogP contribution in [0.25, 0.3) is 10.7 Å². The van der Waals surface area contributed by atoms with Gasteiger partial charge in [0.05, 0.1) is 11.4 Å². The highest BCUT2D eigenvalue weighted by atomic mass is 32.1. The van der Waals surface area contributed by atoms with Crippen molar-refractivity contribution in [1.29, 1.82) is 0 Å². The number of ether oxygens (including phenoxy) is 1. The molecule has 146 valence electrons. The molecule has 9 heteroatoms. The molecular weight excluding hydrogens is 368 g/mol. The number of nitrogens with zero attached hydrogens (tertiary/aromatic N) is 3. The predicted octanol–water partition coefficient (Wildman–Crippen LogP) is 3.06. The van der Waals surface area contributed by atoms with Gasteiger partial charge in [-0.25, -0.2) is 4.79 Å². The van der Waals surface area contributed by atoms with E-state index in [9.17, 15) is 9.59 Å². The number of amides is 2. The van der Waals surface area contributed by atoms with Gasteiger partial charge in [-0.15, -0.1) is 11.3 Å². The number of thiophene rings is 1. The van der Waals surface area contributed by atoms with Crippen LogP contribution in [0.15, 0.2) is 22.0 Å². The van der Waals surface area contributed by atoms with E-state index < -0.39 is 5.60 Å². The average molecular weight is 392 g/mol. The summed E-state index contributed by atoms with van der Waals surface area (Å²) in [6.07, 6.45) is 0.887. The SMILES string of the molecule is CC(C)(C)OC(=O)N1CCC(C(=O)NCc2nc(-c3cccs3)no2)CC1. The molecule has 0 aromatic carbocycles. The molecule has 0 atom stereocenters. The summed E-state index contributed by atoms with van der Waals surface area (Å²) in [6.45, 7) is 6.74. The summed E-state index contributed by atoms with van der Waals surface area (Å²) in [5.74, 6) is 0.705. The Kier molecular flexibility index (Phi) is 5.79. The molecule has 3 heterocycles. The van der Waals surface area contributed by atoms with Crippen molar-refractivity contribution < 1.29 is 18.8 Å². The Morgan fingerprint density at radius 2 is 2.11 bits per heavy atom. The Bertz CT molecular complexity index is 774. The minimum atomic E-state index is -0.517. The zero-order chi connectivity index (χ0) is 19.4. The van der Waals surface area contributed by atoms with Gasteiger partial charge in [-0.05, 0) is 45.1 Å². The maximum atomic E-state index is 12.4. The van der Waals surface area contributed by atoms with E-state index in [0.29, 0.717) is 37.6 Å². The fourth-order valence-corrected chi connectivity index (χ4v) is 3.44. The molecular formula is C18H24N4O4S. The monoisotopic (exact) mass is 392 g/mol. The van der Waals surface area contributed by atoms with Gasteiger partial charge >= 0.3 is 6.09 Å². The molecule has 27 heavy (non-hydrogen) atoms. The Balaban J connectivity index is 1.44. The van der Waals surface area contributed by atoms with Gasteiger partial charge in [0.2, 0.25) is 17.6 Å². The average Bonchev–Trinajstić information content (AvgIpc) is 3.29. The third kappa shape index (κ3) is 5.29. The smallest absolute Gasteiger partial charge is 0.410 e. The molecule has 0 spiro atoms. The minimum Gasteiger partial charge on any atom is -0.444 e. The van der Waals surface area contributed by atoms with E-state index in [1.165, 1.54) is 11.3 Å². The van der Waals surface area contributed by atoms with Gasteiger partial charge in [-0.1, -0.05) is 11.2 Å². The highest BCUT2D eigenvalue weighted by Crippen LogP contribution is 2.22. The predicted molar refractivity (Wildman–Crippen MR) is 100.0 cm³/mol. The first kappa shape index (κ1) is 19.3. The van der Waals surface area contributed by atoms with Crippen LogP contribution in [-0.2, 0) is 16.1 Å². The van der Waals surface area contributed by atoms with Crippen LogP contribution >= 0.6 is 11.3 Å². The van der Waals surface area contributed by atoms with Gasteiger partial charge in [0.15, 0.2) is 0 Å². The molecule has 3 rings (SSSR count). The van der Waals surface area contributed by atoms with Crippen molar-refractivity contribution in [2.24, 2.45) is 5.92 Å². The number of carbonyl (C=O) groups is 2. The van der Waals surface area contributed by atoms with Crippen molar-refractivity contribution in [2.45, 2.75) is 45.8 Å². The van der Waals surface area contributed by atoms with Crippen molar-refractivity contribution in [3.05, 3.63) is 23.4 Å². The van der Waals surface area contributed by atoms with E-state index in [1.54, 1.807) is 4.90 Å². The van der Waals surface area contributed by atoms with Crippen molar-refractivity contribution >= 4 is 23.3 Å². The van der Waals surface area contributed by atoms with Crippen LogP contribution in [-0.4, -0.2) is 45.7 Å². The Labute approximate surface area is 161 Å². The van der Waals surface area contributed by atoms with Gasteiger partial charge in [0.1, 0.15) is 5.60 Å². The van der Waals surface area contributed by atoms with E-state index >= 15 is 0 Å². The van der Waals surface area contributed by atoms with Crippen molar-refractivity contribution in [1.82, 2.24) is 20.4 Å². The number of carbonyl (C=O) groups excluding carboxylic acids is 2. The normalized spacial score (nSPS) is 15.6. The van der Waals surface area contributed by atoms with Crippen LogP contribution in [0.2, 0.25) is 0 Å². The van der Waals surface area contributed by atoms with E-state index in [0.717, 1.165) is 4.88 Å². The summed E-state index contributed by atoms with van der Waals surface area (Å²) in [7, 11) is 0. The lowest BCUT2D eigenvalue weighted by atomic mass is 9.96. The number of hydrogen-bond acceptors (Lipinski definition) is 7. The molecule has 2 aromatic rings. The van der Waals surface area contributed by atoms with Gasteiger partial charge < -0.3 is 19.5 Å². The quantitative estimate of drug-likeness (QED) is 0.859. The van der Waals surface area contributed by atoms with Crippen LogP contribution in [0.4, 0.5) is 4.79 Å². The fourth-order valence-electron chi connectivity index (χ4n) is 2.79. The summed E-state index contributed by atoms with van der Waals surface area (Å²) >= 11 is 1.53. The summed E-state index contributed by atoms with van der Waals surface area (Å²) in [4.78, 5) is 31.3. The summed E-state index contributed by atoms with van der Waals surface area (Å²) < 4.78 is 10.6. The second-order valence-electron chi connectivity index (χ2n) is 7.45. The minimum absolute atomic E-state index is 0.0605. The molecule has 1 fully saturated rings. The first-order valence-corrected chi connectivity index (χ1v) is 9.82. The second-order valence-corrected chi connectivity index (χ2v) is 8.40. The van der Waals surface area contributed by atoms with Gasteiger partial charge in [0.25, 0.3) is 0 Å². The first-order chi connectivity index (χ1) is 12.8. The van der Waals surface area contributed by atoms with Crippen LogP contribution < -0.4 is 5.32 Å². The van der Waals surface area contributed by atoms with Crippen molar-refractivity contribution in [3.8, 4) is 10.7 Å². The van der Waals surface area contributed by atoms with Crippen molar-refractivity contribution in [3.63, 3.8) is 0 Å². The number of rotatable bonds is 4. The molecule has 1 N–H and O–H groups in total. The highest BCUT2D eigenvalue weighted by molar-refractivity contribution is 7.13. The zero-order valence-corrected chi connectivity index (χ0v) is 16.5. The molecule has 1 saturated heterocycles. The molecule has 0 aliphatic carbocycles. The van der Waals surface area contributed by atoms with Crippen LogP contribution in [0.5, 0.6) is 0 Å². The first-order valence-electron chi connectivity index (χ1n) is 8.94. The van der Waals surface area contributed by atoms with Crippen LogP contribution in [0.1, 0.15) is 39.5 Å². The third-order valence-corrected chi connectivity index (χ3v) is 5.01. The molecule has 0 unspecified atom stereocenters. The summed E-state index contributed by atoms with van der Waals surface area (Å²) in [6, 6.07) is 3.83. The Hall–Kier alpha value is -2.42. The molecule has 2 amide bonds. The maximum Gasteiger partial charge on any atom is 0.410 e. The molecule has 0 radical (unpaired) electrons. The Morgan fingerprint density at radius 3 is 2.74 bits per heavy atom. The standard InChI is InChI=1S/C18H24N4O4S/c1-18(2,3)25-17(24)22-8-6-12(7-9-22)16(23)19-11-14-20-15(21-26-14)13-5-4-10-27-13/h4-5,10,12H,6-9,11H2,1-3H3,(H,19,23). The number of aromatic nitrogens is 2. The van der Waals surface area contributed by atoms with Gasteiger partial charge in [0, 0.05) is 19.0 Å².